The smallest absolute Gasteiger partial charge is 0.243 e. The molecule has 2 aliphatic heterocycles. The van der Waals surface area contributed by atoms with Gasteiger partial charge < -0.3 is 24.3 Å². The lowest BCUT2D eigenvalue weighted by Crippen LogP contribution is -2.41. The highest BCUT2D eigenvalue weighted by Crippen LogP contribution is 2.34. The topological polar surface area (TPSA) is 103 Å². The highest BCUT2D eigenvalue weighted by atomic mass is 32.2. The molecule has 32 heavy (non-hydrogen) atoms. The first-order chi connectivity index (χ1) is 15.4. The molecule has 1 saturated heterocycles. The molecule has 0 bridgehead atoms. The number of nitrogens with zero attached hydrogens (tertiary/aromatic N) is 1. The van der Waals surface area contributed by atoms with Crippen molar-refractivity contribution in [2.75, 3.05) is 45.8 Å². The van der Waals surface area contributed by atoms with Crippen molar-refractivity contribution in [1.29, 1.82) is 0 Å². The summed E-state index contributed by atoms with van der Waals surface area (Å²) < 4.78 is 49.0. The monoisotopic (exact) mass is 462 g/mol. The average Bonchev–Trinajstić information content (AvgIpc) is 2.84. The molecule has 10 heteroatoms. The molecule has 4 rings (SSSR count). The lowest BCUT2D eigenvalue weighted by molar-refractivity contribution is -0.120. The summed E-state index contributed by atoms with van der Waals surface area (Å²) in [6, 6.07) is 9.79. The van der Waals surface area contributed by atoms with E-state index < -0.39 is 10.0 Å². The quantitative estimate of drug-likeness (QED) is 0.704. The van der Waals surface area contributed by atoms with E-state index in [4.69, 9.17) is 18.9 Å². The summed E-state index contributed by atoms with van der Waals surface area (Å²) in [7, 11) is -0.615. The third-order valence-corrected chi connectivity index (χ3v) is 7.54. The number of sulfonamides is 1. The van der Waals surface area contributed by atoms with Gasteiger partial charge in [0.25, 0.3) is 0 Å². The third-order valence-electron chi connectivity index (χ3n) is 5.64. The third kappa shape index (κ3) is 4.46. The zero-order chi connectivity index (χ0) is 22.7. The lowest BCUT2D eigenvalue weighted by Gasteiger charge is -2.31. The molecule has 2 aromatic rings. The van der Waals surface area contributed by atoms with Gasteiger partial charge in [-0.2, -0.15) is 4.31 Å². The number of amides is 1. The van der Waals surface area contributed by atoms with Crippen LogP contribution in [0.5, 0.6) is 23.0 Å². The van der Waals surface area contributed by atoms with E-state index in [1.54, 1.807) is 31.4 Å². The first kappa shape index (κ1) is 22.2. The number of ether oxygens (including phenoxy) is 4. The normalized spacial score (nSPS) is 16.9. The molecule has 2 aromatic carbocycles. The van der Waals surface area contributed by atoms with Gasteiger partial charge in [-0.25, -0.2) is 8.42 Å². The molecule has 1 amide bonds. The number of carbonyl (C=O) groups excluding carboxylic acids is 1. The van der Waals surface area contributed by atoms with Crippen LogP contribution in [0.1, 0.15) is 12.8 Å². The van der Waals surface area contributed by atoms with E-state index in [9.17, 15) is 13.2 Å². The first-order valence-electron chi connectivity index (χ1n) is 10.3. The van der Waals surface area contributed by atoms with Crippen molar-refractivity contribution >= 4 is 21.6 Å². The van der Waals surface area contributed by atoms with Gasteiger partial charge in [0.05, 0.1) is 24.8 Å². The first-order valence-corrected chi connectivity index (χ1v) is 11.8. The van der Waals surface area contributed by atoms with Crippen LogP contribution < -0.4 is 24.3 Å². The number of methoxy groups -OCH3 is 2. The van der Waals surface area contributed by atoms with Crippen molar-refractivity contribution in [1.82, 2.24) is 4.31 Å². The fraction of sp³-hybridized carbons (Fsp3) is 0.409. The van der Waals surface area contributed by atoms with Crippen LogP contribution in [0, 0.1) is 5.92 Å². The number of hydrogen-bond acceptors (Lipinski definition) is 7. The molecule has 172 valence electrons. The van der Waals surface area contributed by atoms with Gasteiger partial charge in [0.1, 0.15) is 24.7 Å². The molecule has 2 heterocycles. The van der Waals surface area contributed by atoms with E-state index in [0.29, 0.717) is 54.7 Å². The highest BCUT2D eigenvalue weighted by molar-refractivity contribution is 7.89. The number of hydrogen-bond donors (Lipinski definition) is 1. The standard InChI is InChI=1S/C22H26N2O7S/c1-28-16-3-5-18(20(13-16)29-2)23-22(25)15-7-9-24(10-8-15)32(26,27)17-4-6-19-21(14-17)31-12-11-30-19/h3-6,13-15H,7-12H2,1-2H3,(H,23,25). The summed E-state index contributed by atoms with van der Waals surface area (Å²) in [5.74, 6) is 1.63. The number of benzene rings is 2. The second kappa shape index (κ2) is 9.25. The molecule has 0 unspecified atom stereocenters. The van der Waals surface area contributed by atoms with Crippen LogP contribution in [0.2, 0.25) is 0 Å². The molecule has 9 nitrogen and oxygen atoms in total. The van der Waals surface area contributed by atoms with E-state index in [2.05, 4.69) is 5.32 Å². The Balaban J connectivity index is 1.40. The summed E-state index contributed by atoms with van der Waals surface area (Å²) in [6.45, 7) is 1.34. The van der Waals surface area contributed by atoms with Crippen LogP contribution >= 0.6 is 0 Å². The van der Waals surface area contributed by atoms with Crippen molar-refractivity contribution < 1.29 is 32.2 Å². The Hall–Kier alpha value is -2.98. The van der Waals surface area contributed by atoms with E-state index in [1.807, 2.05) is 0 Å². The summed E-state index contributed by atoms with van der Waals surface area (Å²) in [5, 5.41) is 2.88. The van der Waals surface area contributed by atoms with Crippen LogP contribution in [-0.4, -0.2) is 59.2 Å². The molecule has 0 radical (unpaired) electrons. The summed E-state index contributed by atoms with van der Waals surface area (Å²) >= 11 is 0. The van der Waals surface area contributed by atoms with Crippen LogP contribution in [0.3, 0.4) is 0 Å². The fourth-order valence-electron chi connectivity index (χ4n) is 3.83. The zero-order valence-corrected chi connectivity index (χ0v) is 18.8. The van der Waals surface area contributed by atoms with Gasteiger partial charge in [0, 0.05) is 31.1 Å². The molecule has 0 aliphatic carbocycles. The number of rotatable bonds is 6. The van der Waals surface area contributed by atoms with Crippen LogP contribution in [0.15, 0.2) is 41.3 Å². The van der Waals surface area contributed by atoms with E-state index >= 15 is 0 Å². The van der Waals surface area contributed by atoms with Gasteiger partial charge in [0.15, 0.2) is 11.5 Å². The number of nitrogens with one attached hydrogen (secondary N) is 1. The van der Waals surface area contributed by atoms with Gasteiger partial charge in [-0.05, 0) is 37.1 Å². The Kier molecular flexibility index (Phi) is 6.43. The number of fused-ring (bicyclic) bond motifs is 1. The molecule has 0 saturated carbocycles. The Labute approximate surface area is 187 Å². The minimum absolute atomic E-state index is 0.160. The van der Waals surface area contributed by atoms with Gasteiger partial charge >= 0.3 is 0 Å². The molecular weight excluding hydrogens is 436 g/mol. The van der Waals surface area contributed by atoms with Gasteiger partial charge in [-0.3, -0.25) is 4.79 Å². The van der Waals surface area contributed by atoms with Crippen molar-refractivity contribution in [2.24, 2.45) is 5.92 Å². The minimum atomic E-state index is -3.69. The van der Waals surface area contributed by atoms with Gasteiger partial charge in [-0.1, -0.05) is 0 Å². The van der Waals surface area contributed by atoms with E-state index in [-0.39, 0.29) is 29.8 Å². The van der Waals surface area contributed by atoms with E-state index in [0.717, 1.165) is 0 Å². The number of piperidine rings is 1. The molecule has 1 N–H and O–H groups in total. The minimum Gasteiger partial charge on any atom is -0.497 e. The van der Waals surface area contributed by atoms with Crippen molar-refractivity contribution in [3.8, 4) is 23.0 Å². The second-order valence-electron chi connectivity index (χ2n) is 7.54. The summed E-state index contributed by atoms with van der Waals surface area (Å²) in [5.41, 5.74) is 0.546. The molecule has 0 atom stereocenters. The van der Waals surface area contributed by atoms with Crippen molar-refractivity contribution in [3.63, 3.8) is 0 Å². The molecule has 0 aromatic heterocycles. The number of anilines is 1. The zero-order valence-electron chi connectivity index (χ0n) is 18.0. The summed E-state index contributed by atoms with van der Waals surface area (Å²) in [4.78, 5) is 12.9. The van der Waals surface area contributed by atoms with Crippen molar-refractivity contribution in [3.05, 3.63) is 36.4 Å². The average molecular weight is 463 g/mol. The second-order valence-corrected chi connectivity index (χ2v) is 9.48. The Morgan fingerprint density at radius 3 is 2.41 bits per heavy atom. The number of carbonyl (C=O) groups is 1. The maximum Gasteiger partial charge on any atom is 0.243 e. The molecule has 1 fully saturated rings. The van der Waals surface area contributed by atoms with E-state index in [1.165, 1.54) is 23.5 Å². The Bertz CT molecular complexity index is 1100. The SMILES string of the molecule is COc1ccc(NC(=O)C2CCN(S(=O)(=O)c3ccc4c(c3)OCCO4)CC2)c(OC)c1. The predicted octanol–water partition coefficient (Wildman–Crippen LogP) is 2.51. The molecular formula is C22H26N2O7S. The lowest BCUT2D eigenvalue weighted by atomic mass is 9.97. The van der Waals surface area contributed by atoms with Crippen LogP contribution in [0.25, 0.3) is 0 Å². The van der Waals surface area contributed by atoms with Crippen LogP contribution in [-0.2, 0) is 14.8 Å². The van der Waals surface area contributed by atoms with Crippen LogP contribution in [0.4, 0.5) is 5.69 Å². The Morgan fingerprint density at radius 2 is 1.72 bits per heavy atom. The Morgan fingerprint density at radius 1 is 1.00 bits per heavy atom. The molecule has 2 aliphatic rings. The van der Waals surface area contributed by atoms with Gasteiger partial charge in [0.2, 0.25) is 15.9 Å². The largest absolute Gasteiger partial charge is 0.497 e. The maximum absolute atomic E-state index is 13.1. The predicted molar refractivity (Wildman–Crippen MR) is 117 cm³/mol. The highest BCUT2D eigenvalue weighted by Gasteiger charge is 2.33. The molecule has 0 spiro atoms. The van der Waals surface area contributed by atoms with Gasteiger partial charge in [-0.15, -0.1) is 0 Å². The maximum atomic E-state index is 13.1. The summed E-state index contributed by atoms with van der Waals surface area (Å²) in [6.07, 6.45) is 0.849. The fourth-order valence-corrected chi connectivity index (χ4v) is 5.31. The van der Waals surface area contributed by atoms with Crippen molar-refractivity contribution in [2.45, 2.75) is 17.7 Å².